The van der Waals surface area contributed by atoms with E-state index < -0.39 is 24.0 Å². The Morgan fingerprint density at radius 1 is 1.05 bits per heavy atom. The number of carbonyl (C=O) groups excluding carboxylic acids is 2. The zero-order valence-corrected chi connectivity index (χ0v) is 22.7. The Morgan fingerprint density at radius 2 is 1.74 bits per heavy atom. The molecule has 1 aliphatic heterocycles. The Hall–Kier alpha value is -3.47. The van der Waals surface area contributed by atoms with Gasteiger partial charge in [-0.15, -0.1) is 11.3 Å². The standard InChI is InChI=1S/C29H33FN2O6S/c1-37-22-13-18(14-23(16-22)38-2)12-19-15-24(39-17-19)9-10-31-28(35)26(33)27(34)29(36)32-11-3-4-25(32)20-5-7-21(30)8-6-20/h5-8,13-17,25-27,33-34H,3-4,9-12H2,1-2H3,(H,31,35)/t25?,26-,27-/m1/s1. The first kappa shape index (κ1) is 28.5. The highest BCUT2D eigenvalue weighted by Crippen LogP contribution is 2.33. The third kappa shape index (κ3) is 7.14. The van der Waals surface area contributed by atoms with Crippen LogP contribution in [0.4, 0.5) is 4.39 Å². The minimum Gasteiger partial charge on any atom is -0.497 e. The molecule has 0 bridgehead atoms. The summed E-state index contributed by atoms with van der Waals surface area (Å²) in [5.41, 5.74) is 2.90. The lowest BCUT2D eigenvalue weighted by atomic mass is 10.0. The van der Waals surface area contributed by atoms with Crippen LogP contribution in [-0.2, 0) is 22.4 Å². The molecule has 2 aromatic carbocycles. The molecule has 1 saturated heterocycles. The number of rotatable bonds is 11. The molecule has 3 N–H and O–H groups in total. The Labute approximate surface area is 231 Å². The van der Waals surface area contributed by atoms with E-state index in [2.05, 4.69) is 11.4 Å². The lowest BCUT2D eigenvalue weighted by molar-refractivity contribution is -0.153. The minimum absolute atomic E-state index is 0.242. The van der Waals surface area contributed by atoms with Crippen molar-refractivity contribution in [2.24, 2.45) is 0 Å². The third-order valence-electron chi connectivity index (χ3n) is 6.81. The van der Waals surface area contributed by atoms with Gasteiger partial charge in [-0.05, 0) is 78.1 Å². The summed E-state index contributed by atoms with van der Waals surface area (Å²) in [7, 11) is 3.22. The second-order valence-corrected chi connectivity index (χ2v) is 10.5. The number of ether oxygens (including phenoxy) is 2. The van der Waals surface area contributed by atoms with Gasteiger partial charge >= 0.3 is 0 Å². The van der Waals surface area contributed by atoms with Crippen molar-refractivity contribution in [3.63, 3.8) is 0 Å². The summed E-state index contributed by atoms with van der Waals surface area (Å²) in [6, 6.07) is 13.3. The summed E-state index contributed by atoms with van der Waals surface area (Å²) in [5, 5.41) is 25.5. The molecule has 1 aliphatic rings. The van der Waals surface area contributed by atoms with E-state index >= 15 is 0 Å². The van der Waals surface area contributed by atoms with Crippen LogP contribution in [0.3, 0.4) is 0 Å². The number of aliphatic hydroxyl groups is 2. The van der Waals surface area contributed by atoms with Gasteiger partial charge in [-0.2, -0.15) is 0 Å². The minimum atomic E-state index is -1.89. The van der Waals surface area contributed by atoms with Gasteiger partial charge in [0.25, 0.3) is 11.8 Å². The molecule has 208 valence electrons. The van der Waals surface area contributed by atoms with Crippen LogP contribution < -0.4 is 14.8 Å². The number of benzene rings is 2. The Kier molecular flexibility index (Phi) is 9.55. The van der Waals surface area contributed by atoms with Crippen molar-refractivity contribution >= 4 is 23.2 Å². The highest BCUT2D eigenvalue weighted by atomic mass is 32.1. The number of amides is 2. The van der Waals surface area contributed by atoms with E-state index in [1.54, 1.807) is 37.7 Å². The number of carbonyl (C=O) groups is 2. The van der Waals surface area contributed by atoms with E-state index in [9.17, 15) is 24.2 Å². The van der Waals surface area contributed by atoms with Crippen molar-refractivity contribution in [3.8, 4) is 11.5 Å². The fraction of sp³-hybridized carbons (Fsp3) is 0.379. The predicted octanol–water partition coefficient (Wildman–Crippen LogP) is 3.24. The van der Waals surface area contributed by atoms with Crippen molar-refractivity contribution in [2.45, 2.75) is 43.9 Å². The Balaban J connectivity index is 1.27. The molecule has 8 nitrogen and oxygen atoms in total. The van der Waals surface area contributed by atoms with Crippen LogP contribution in [0, 0.1) is 5.82 Å². The second kappa shape index (κ2) is 13.1. The first-order valence-corrected chi connectivity index (χ1v) is 13.6. The number of hydrogen-bond acceptors (Lipinski definition) is 7. The maximum Gasteiger partial charge on any atom is 0.255 e. The number of aliphatic hydroxyl groups excluding tert-OH is 2. The van der Waals surface area contributed by atoms with Gasteiger partial charge in [-0.3, -0.25) is 9.59 Å². The van der Waals surface area contributed by atoms with Crippen LogP contribution >= 0.6 is 11.3 Å². The van der Waals surface area contributed by atoms with Gasteiger partial charge < -0.3 is 29.9 Å². The molecule has 1 unspecified atom stereocenters. The first-order valence-electron chi connectivity index (χ1n) is 12.8. The van der Waals surface area contributed by atoms with Crippen LogP contribution in [0.5, 0.6) is 11.5 Å². The van der Waals surface area contributed by atoms with Crippen molar-refractivity contribution < 1.29 is 33.7 Å². The summed E-state index contributed by atoms with van der Waals surface area (Å²) >= 11 is 1.57. The molecule has 3 atom stereocenters. The van der Waals surface area contributed by atoms with Gasteiger partial charge in [0.05, 0.1) is 20.3 Å². The molecule has 0 aliphatic carbocycles. The third-order valence-corrected chi connectivity index (χ3v) is 7.85. The van der Waals surface area contributed by atoms with Gasteiger partial charge in [0, 0.05) is 24.0 Å². The van der Waals surface area contributed by atoms with Crippen LogP contribution in [0.25, 0.3) is 0 Å². The van der Waals surface area contributed by atoms with Gasteiger partial charge in [0.2, 0.25) is 0 Å². The highest BCUT2D eigenvalue weighted by molar-refractivity contribution is 7.10. The van der Waals surface area contributed by atoms with Crippen LogP contribution in [0.1, 0.15) is 40.5 Å². The van der Waals surface area contributed by atoms with Crippen LogP contribution in [-0.4, -0.2) is 66.4 Å². The number of nitrogens with one attached hydrogen (secondary N) is 1. The predicted molar refractivity (Wildman–Crippen MR) is 145 cm³/mol. The van der Waals surface area contributed by atoms with E-state index in [1.807, 2.05) is 23.6 Å². The van der Waals surface area contributed by atoms with Crippen molar-refractivity contribution in [1.82, 2.24) is 10.2 Å². The highest BCUT2D eigenvalue weighted by Gasteiger charge is 2.38. The fourth-order valence-electron chi connectivity index (χ4n) is 4.78. The lowest BCUT2D eigenvalue weighted by Gasteiger charge is -2.28. The molecule has 0 spiro atoms. The molecule has 4 rings (SSSR count). The van der Waals surface area contributed by atoms with Gasteiger partial charge in [0.15, 0.2) is 12.2 Å². The Bertz CT molecular complexity index is 1260. The van der Waals surface area contributed by atoms with E-state index in [1.165, 1.54) is 17.0 Å². The monoisotopic (exact) mass is 556 g/mol. The summed E-state index contributed by atoms with van der Waals surface area (Å²) in [4.78, 5) is 27.9. The zero-order valence-electron chi connectivity index (χ0n) is 21.9. The molecule has 10 heteroatoms. The fourth-order valence-corrected chi connectivity index (χ4v) is 5.67. The van der Waals surface area contributed by atoms with E-state index in [0.717, 1.165) is 33.1 Å². The number of hydrogen-bond donors (Lipinski definition) is 3. The summed E-state index contributed by atoms with van der Waals surface area (Å²) in [6.45, 7) is 0.626. The number of halogens is 1. The molecule has 1 aromatic heterocycles. The summed E-state index contributed by atoms with van der Waals surface area (Å²) in [6.07, 6.45) is -1.20. The zero-order chi connectivity index (χ0) is 27.9. The van der Waals surface area contributed by atoms with Crippen LogP contribution in [0.15, 0.2) is 53.9 Å². The van der Waals surface area contributed by atoms with Crippen molar-refractivity contribution in [1.29, 1.82) is 0 Å². The molecule has 3 aromatic rings. The van der Waals surface area contributed by atoms with Crippen LogP contribution in [0.2, 0.25) is 0 Å². The van der Waals surface area contributed by atoms with Gasteiger partial charge in [-0.1, -0.05) is 12.1 Å². The number of methoxy groups -OCH3 is 2. The number of thiophene rings is 1. The molecule has 0 saturated carbocycles. The quantitative estimate of drug-likeness (QED) is 0.335. The molecule has 2 amide bonds. The average molecular weight is 557 g/mol. The van der Waals surface area contributed by atoms with Gasteiger partial charge in [0.1, 0.15) is 17.3 Å². The number of likely N-dealkylation sites (tertiary alicyclic amines) is 1. The van der Waals surface area contributed by atoms with Crippen molar-refractivity contribution in [3.05, 3.63) is 81.3 Å². The first-order chi connectivity index (χ1) is 18.8. The van der Waals surface area contributed by atoms with E-state index in [4.69, 9.17) is 9.47 Å². The molecular formula is C29H33FN2O6S. The molecule has 39 heavy (non-hydrogen) atoms. The molecule has 1 fully saturated rings. The largest absolute Gasteiger partial charge is 0.497 e. The average Bonchev–Trinajstić information content (AvgIpc) is 3.61. The van der Waals surface area contributed by atoms with E-state index in [-0.39, 0.29) is 18.4 Å². The normalized spacial score (nSPS) is 16.5. The Morgan fingerprint density at radius 3 is 2.41 bits per heavy atom. The maximum atomic E-state index is 13.3. The molecule has 0 radical (unpaired) electrons. The van der Waals surface area contributed by atoms with Crippen molar-refractivity contribution in [2.75, 3.05) is 27.3 Å². The number of nitrogens with zero attached hydrogens (tertiary/aromatic N) is 1. The van der Waals surface area contributed by atoms with E-state index in [0.29, 0.717) is 32.2 Å². The molecular weight excluding hydrogens is 523 g/mol. The topological polar surface area (TPSA) is 108 Å². The smallest absolute Gasteiger partial charge is 0.255 e. The molecule has 2 heterocycles. The SMILES string of the molecule is COc1cc(Cc2csc(CCNC(=O)[C@H](O)[C@@H](O)C(=O)N3CCCC3c3ccc(F)cc3)c2)cc(OC)c1. The maximum absolute atomic E-state index is 13.3. The summed E-state index contributed by atoms with van der Waals surface area (Å²) in [5.74, 6) is -0.469. The van der Waals surface area contributed by atoms with Gasteiger partial charge in [-0.25, -0.2) is 4.39 Å². The summed E-state index contributed by atoms with van der Waals surface area (Å²) < 4.78 is 24.0. The second-order valence-electron chi connectivity index (χ2n) is 9.49. The lowest BCUT2D eigenvalue weighted by Crippen LogP contribution is -2.50.